The van der Waals surface area contributed by atoms with E-state index in [1.54, 1.807) is 18.2 Å². The van der Waals surface area contributed by atoms with Crippen molar-refractivity contribution >= 4 is 27.9 Å². The highest BCUT2D eigenvalue weighted by Gasteiger charge is 2.13. The second-order valence-corrected chi connectivity index (χ2v) is 5.47. The quantitative estimate of drug-likeness (QED) is 0.517. The molecule has 22 heavy (non-hydrogen) atoms. The molecule has 0 aliphatic heterocycles. The maximum atomic E-state index is 12.2. The van der Waals surface area contributed by atoms with Gasteiger partial charge in [-0.25, -0.2) is 4.98 Å². The van der Waals surface area contributed by atoms with Gasteiger partial charge in [-0.15, -0.1) is 0 Å². The molecule has 0 fully saturated rings. The van der Waals surface area contributed by atoms with Crippen LogP contribution in [0.5, 0.6) is 0 Å². The molecule has 0 saturated heterocycles. The third-order valence-electron chi connectivity index (χ3n) is 3.04. The van der Waals surface area contributed by atoms with Gasteiger partial charge in [-0.05, 0) is 46.6 Å². The minimum absolute atomic E-state index is 0.0216. The largest absolute Gasteiger partial charge is 0.345 e. The van der Waals surface area contributed by atoms with Crippen molar-refractivity contribution in [3.05, 3.63) is 70.0 Å². The highest BCUT2D eigenvalue weighted by molar-refractivity contribution is 9.10. The molecule has 0 aliphatic carbocycles. The monoisotopic (exact) mass is 355 g/mol. The second kappa shape index (κ2) is 7.53. The number of nitrogens with one attached hydrogen (secondary N) is 1. The molecule has 4 nitrogen and oxygen atoms in total. The SMILES string of the molecule is C[C@H](NC(=O)C(C#N)=Cc1cccc(Br)n1)c1ccccc1. The number of nitrogens with zero attached hydrogens (tertiary/aromatic N) is 2. The number of hydrogen-bond acceptors (Lipinski definition) is 3. The van der Waals surface area contributed by atoms with Crippen molar-refractivity contribution in [2.45, 2.75) is 13.0 Å². The van der Waals surface area contributed by atoms with E-state index >= 15 is 0 Å². The predicted molar refractivity (Wildman–Crippen MR) is 88.5 cm³/mol. The van der Waals surface area contributed by atoms with Crippen LogP contribution in [-0.2, 0) is 4.79 Å². The van der Waals surface area contributed by atoms with Gasteiger partial charge in [0, 0.05) is 0 Å². The minimum Gasteiger partial charge on any atom is -0.345 e. The summed E-state index contributed by atoms with van der Waals surface area (Å²) in [5, 5.41) is 12.0. The standard InChI is InChI=1S/C17H14BrN3O/c1-12(13-6-3-2-4-7-13)20-17(22)14(11-19)10-15-8-5-9-16(18)21-15/h2-10,12H,1H3,(H,20,22)/t12-/m0/s1. The molecule has 0 spiro atoms. The normalized spacial score (nSPS) is 12.3. The van der Waals surface area contributed by atoms with Crippen LogP contribution in [0.4, 0.5) is 0 Å². The summed E-state index contributed by atoms with van der Waals surface area (Å²) in [6, 6.07) is 16.6. The van der Waals surface area contributed by atoms with E-state index in [1.807, 2.05) is 43.3 Å². The molecule has 0 bridgehead atoms. The van der Waals surface area contributed by atoms with Gasteiger partial charge in [0.05, 0.1) is 11.7 Å². The van der Waals surface area contributed by atoms with Gasteiger partial charge in [0.25, 0.3) is 5.91 Å². The average molecular weight is 356 g/mol. The molecule has 0 aliphatic rings. The summed E-state index contributed by atoms with van der Waals surface area (Å²) in [5.74, 6) is -0.416. The Bertz CT molecular complexity index is 735. The molecular weight excluding hydrogens is 342 g/mol. The van der Waals surface area contributed by atoms with E-state index in [4.69, 9.17) is 0 Å². The van der Waals surface area contributed by atoms with Gasteiger partial charge in [-0.1, -0.05) is 36.4 Å². The zero-order chi connectivity index (χ0) is 15.9. The van der Waals surface area contributed by atoms with Crippen LogP contribution in [0.15, 0.2) is 58.7 Å². The lowest BCUT2D eigenvalue weighted by Crippen LogP contribution is -2.27. The summed E-state index contributed by atoms with van der Waals surface area (Å²) in [7, 11) is 0. The molecule has 110 valence electrons. The fourth-order valence-electron chi connectivity index (χ4n) is 1.90. The Hall–Kier alpha value is -2.45. The van der Waals surface area contributed by atoms with E-state index in [2.05, 4.69) is 26.2 Å². The van der Waals surface area contributed by atoms with Gasteiger partial charge in [-0.2, -0.15) is 5.26 Å². The molecule has 1 amide bonds. The molecule has 2 rings (SSSR count). The van der Waals surface area contributed by atoms with Crippen molar-refractivity contribution in [3.63, 3.8) is 0 Å². The van der Waals surface area contributed by atoms with Crippen molar-refractivity contribution < 1.29 is 4.79 Å². The molecule has 1 atom stereocenters. The highest BCUT2D eigenvalue weighted by atomic mass is 79.9. The number of amides is 1. The van der Waals surface area contributed by atoms with Gasteiger partial charge >= 0.3 is 0 Å². The van der Waals surface area contributed by atoms with Crippen LogP contribution in [0, 0.1) is 11.3 Å². The Morgan fingerprint density at radius 1 is 1.27 bits per heavy atom. The molecule has 2 aromatic rings. The first-order valence-corrected chi connectivity index (χ1v) is 7.49. The van der Waals surface area contributed by atoms with E-state index < -0.39 is 5.91 Å². The number of benzene rings is 1. The summed E-state index contributed by atoms with van der Waals surface area (Å²) in [4.78, 5) is 16.4. The number of hydrogen-bond donors (Lipinski definition) is 1. The van der Waals surface area contributed by atoms with E-state index in [0.717, 1.165) is 5.56 Å². The second-order valence-electron chi connectivity index (χ2n) is 4.66. The van der Waals surface area contributed by atoms with E-state index in [-0.39, 0.29) is 11.6 Å². The van der Waals surface area contributed by atoms with Gasteiger partial charge in [-0.3, -0.25) is 4.79 Å². The third kappa shape index (κ3) is 4.27. The van der Waals surface area contributed by atoms with Gasteiger partial charge in [0.15, 0.2) is 0 Å². The fraction of sp³-hybridized carbons (Fsp3) is 0.118. The lowest BCUT2D eigenvalue weighted by Gasteiger charge is -2.13. The van der Waals surface area contributed by atoms with Gasteiger partial charge < -0.3 is 5.32 Å². The summed E-state index contributed by atoms with van der Waals surface area (Å²) in [5.41, 5.74) is 1.55. The maximum absolute atomic E-state index is 12.2. The van der Waals surface area contributed by atoms with Crippen molar-refractivity contribution in [2.24, 2.45) is 0 Å². The van der Waals surface area contributed by atoms with Crippen LogP contribution < -0.4 is 5.32 Å². The molecule has 1 aromatic heterocycles. The molecular formula is C17H14BrN3O. The number of carbonyl (C=O) groups is 1. The summed E-state index contributed by atoms with van der Waals surface area (Å²) >= 11 is 3.26. The number of pyridine rings is 1. The number of nitriles is 1. The molecule has 1 heterocycles. The first kappa shape index (κ1) is 15.9. The molecule has 0 saturated carbocycles. The number of aromatic nitrogens is 1. The third-order valence-corrected chi connectivity index (χ3v) is 3.48. The minimum atomic E-state index is -0.416. The molecule has 1 N–H and O–H groups in total. The van der Waals surface area contributed by atoms with E-state index in [0.29, 0.717) is 10.3 Å². The number of rotatable bonds is 4. The van der Waals surface area contributed by atoms with Crippen LogP contribution in [0.3, 0.4) is 0 Å². The molecule has 1 aromatic carbocycles. The lowest BCUT2D eigenvalue weighted by atomic mass is 10.1. The summed E-state index contributed by atoms with van der Waals surface area (Å²) in [6.45, 7) is 1.87. The van der Waals surface area contributed by atoms with Crippen LogP contribution in [0.25, 0.3) is 6.08 Å². The van der Waals surface area contributed by atoms with Crippen molar-refractivity contribution in [1.29, 1.82) is 5.26 Å². The van der Waals surface area contributed by atoms with E-state index in [1.165, 1.54) is 6.08 Å². The highest BCUT2D eigenvalue weighted by Crippen LogP contribution is 2.13. The zero-order valence-corrected chi connectivity index (χ0v) is 13.5. The van der Waals surface area contributed by atoms with Crippen molar-refractivity contribution in [3.8, 4) is 6.07 Å². The molecule has 0 radical (unpaired) electrons. The Morgan fingerprint density at radius 2 is 2.00 bits per heavy atom. The Morgan fingerprint density at radius 3 is 2.64 bits per heavy atom. The maximum Gasteiger partial charge on any atom is 0.262 e. The van der Waals surface area contributed by atoms with Crippen LogP contribution >= 0.6 is 15.9 Å². The summed E-state index contributed by atoms with van der Waals surface area (Å²) < 4.78 is 0.650. The Kier molecular flexibility index (Phi) is 5.45. The Balaban J connectivity index is 2.14. The molecule has 0 unspecified atom stereocenters. The number of carbonyl (C=O) groups excluding carboxylic acids is 1. The van der Waals surface area contributed by atoms with Crippen LogP contribution in [-0.4, -0.2) is 10.9 Å². The molecule has 5 heteroatoms. The van der Waals surface area contributed by atoms with E-state index in [9.17, 15) is 10.1 Å². The van der Waals surface area contributed by atoms with Crippen molar-refractivity contribution in [2.75, 3.05) is 0 Å². The Labute approximate surface area is 137 Å². The average Bonchev–Trinajstić information content (AvgIpc) is 2.53. The smallest absolute Gasteiger partial charge is 0.262 e. The number of halogens is 1. The summed E-state index contributed by atoms with van der Waals surface area (Å²) in [6.07, 6.45) is 1.47. The van der Waals surface area contributed by atoms with Crippen LogP contribution in [0.1, 0.15) is 24.2 Å². The fourth-order valence-corrected chi connectivity index (χ4v) is 2.26. The zero-order valence-electron chi connectivity index (χ0n) is 12.0. The van der Waals surface area contributed by atoms with Crippen LogP contribution in [0.2, 0.25) is 0 Å². The lowest BCUT2D eigenvalue weighted by molar-refractivity contribution is -0.117. The predicted octanol–water partition coefficient (Wildman–Crippen LogP) is 3.63. The van der Waals surface area contributed by atoms with Gasteiger partial charge in [0.2, 0.25) is 0 Å². The first-order chi connectivity index (χ1) is 10.6. The van der Waals surface area contributed by atoms with Gasteiger partial charge in [0.1, 0.15) is 16.2 Å². The first-order valence-electron chi connectivity index (χ1n) is 6.70. The van der Waals surface area contributed by atoms with Crippen molar-refractivity contribution in [1.82, 2.24) is 10.3 Å². The topological polar surface area (TPSA) is 65.8 Å².